The Bertz CT molecular complexity index is 426. The topological polar surface area (TPSA) is 44.4 Å². The van der Waals surface area contributed by atoms with Crippen molar-refractivity contribution in [2.24, 2.45) is 5.92 Å². The Balaban J connectivity index is 1.46. The number of amides is 1. The van der Waals surface area contributed by atoms with Gasteiger partial charge in [0.1, 0.15) is 0 Å². The predicted octanol–water partition coefficient (Wildman–Crippen LogP) is 1.31. The highest BCUT2D eigenvalue weighted by atomic mass is 16.2. The molecule has 3 saturated heterocycles. The van der Waals surface area contributed by atoms with Gasteiger partial charge >= 0.3 is 0 Å². The Morgan fingerprint density at radius 2 is 1.95 bits per heavy atom. The van der Waals surface area contributed by atoms with Gasteiger partial charge in [-0.2, -0.15) is 0 Å². The average Bonchev–Trinajstić information content (AvgIpc) is 2.47. The largest absolute Gasteiger partial charge is 0.376 e. The maximum Gasteiger partial charge on any atom is 0.239 e. The van der Waals surface area contributed by atoms with Gasteiger partial charge < -0.3 is 15.5 Å². The molecule has 1 aromatic carbocycles. The first-order chi connectivity index (χ1) is 9.31. The zero-order chi connectivity index (χ0) is 13.1. The summed E-state index contributed by atoms with van der Waals surface area (Å²) in [7, 11) is 0. The number of para-hydroxylation sites is 1. The number of nitrogens with one attached hydrogen (secondary N) is 2. The van der Waals surface area contributed by atoms with Crippen molar-refractivity contribution in [1.29, 1.82) is 0 Å². The average molecular weight is 259 g/mol. The van der Waals surface area contributed by atoms with Gasteiger partial charge in [-0.15, -0.1) is 0 Å². The SMILES string of the molecule is O=C(CNc1ccccc1)NC1CN2CCC1CC2. The maximum absolute atomic E-state index is 12.0. The monoisotopic (exact) mass is 259 g/mol. The fraction of sp³-hybridized carbons (Fsp3) is 0.533. The zero-order valence-corrected chi connectivity index (χ0v) is 11.1. The molecule has 0 radical (unpaired) electrons. The fourth-order valence-electron chi connectivity index (χ4n) is 3.12. The molecule has 1 amide bonds. The van der Waals surface area contributed by atoms with Gasteiger partial charge in [-0.1, -0.05) is 18.2 Å². The highest BCUT2D eigenvalue weighted by Gasteiger charge is 2.34. The summed E-state index contributed by atoms with van der Waals surface area (Å²) in [6.45, 7) is 3.80. The Morgan fingerprint density at radius 3 is 2.58 bits per heavy atom. The smallest absolute Gasteiger partial charge is 0.239 e. The molecule has 0 aromatic heterocycles. The second-order valence-corrected chi connectivity index (χ2v) is 5.53. The third-order valence-electron chi connectivity index (χ3n) is 4.23. The molecule has 3 fully saturated rings. The molecular weight excluding hydrogens is 238 g/mol. The Hall–Kier alpha value is -1.55. The summed E-state index contributed by atoms with van der Waals surface area (Å²) in [6.07, 6.45) is 2.47. The molecule has 1 aromatic rings. The maximum atomic E-state index is 12.0. The molecule has 0 spiro atoms. The van der Waals surface area contributed by atoms with Gasteiger partial charge in [0.2, 0.25) is 5.91 Å². The van der Waals surface area contributed by atoms with Crippen LogP contribution in [0.3, 0.4) is 0 Å². The molecule has 19 heavy (non-hydrogen) atoms. The van der Waals surface area contributed by atoms with Crippen LogP contribution in [0.1, 0.15) is 12.8 Å². The van der Waals surface area contributed by atoms with Gasteiger partial charge in [0.15, 0.2) is 0 Å². The van der Waals surface area contributed by atoms with Crippen LogP contribution in [0.15, 0.2) is 30.3 Å². The molecule has 4 heteroatoms. The number of hydrogen-bond acceptors (Lipinski definition) is 3. The van der Waals surface area contributed by atoms with Crippen LogP contribution in [0.25, 0.3) is 0 Å². The van der Waals surface area contributed by atoms with Gasteiger partial charge in [0.25, 0.3) is 0 Å². The number of carbonyl (C=O) groups excluding carboxylic acids is 1. The second kappa shape index (κ2) is 5.61. The van der Waals surface area contributed by atoms with E-state index >= 15 is 0 Å². The Labute approximate surface area is 114 Å². The lowest BCUT2D eigenvalue weighted by atomic mass is 9.84. The van der Waals surface area contributed by atoms with Crippen molar-refractivity contribution in [2.45, 2.75) is 18.9 Å². The van der Waals surface area contributed by atoms with Crippen molar-refractivity contribution in [2.75, 3.05) is 31.5 Å². The minimum atomic E-state index is 0.0996. The van der Waals surface area contributed by atoms with Crippen LogP contribution in [-0.2, 0) is 4.79 Å². The number of carbonyl (C=O) groups is 1. The van der Waals surface area contributed by atoms with Gasteiger partial charge in [-0.05, 0) is 44.0 Å². The molecule has 0 aliphatic carbocycles. The predicted molar refractivity (Wildman–Crippen MR) is 76.0 cm³/mol. The van der Waals surface area contributed by atoms with E-state index in [0.717, 1.165) is 12.2 Å². The molecule has 3 aliphatic heterocycles. The summed E-state index contributed by atoms with van der Waals surface area (Å²) < 4.78 is 0. The Kier molecular flexibility index (Phi) is 3.69. The number of piperidine rings is 3. The van der Waals surface area contributed by atoms with Crippen molar-refractivity contribution < 1.29 is 4.79 Å². The lowest BCUT2D eigenvalue weighted by molar-refractivity contribution is -0.121. The van der Waals surface area contributed by atoms with Gasteiger partial charge in [-0.3, -0.25) is 4.79 Å². The van der Waals surface area contributed by atoms with Crippen LogP contribution in [-0.4, -0.2) is 43.0 Å². The standard InChI is InChI=1S/C15H21N3O/c19-15(10-16-13-4-2-1-3-5-13)17-14-11-18-8-6-12(14)7-9-18/h1-5,12,14,16H,6-11H2,(H,17,19). The fourth-order valence-corrected chi connectivity index (χ4v) is 3.12. The molecule has 2 bridgehead atoms. The highest BCUT2D eigenvalue weighted by Crippen LogP contribution is 2.27. The van der Waals surface area contributed by atoms with E-state index in [4.69, 9.17) is 0 Å². The molecule has 3 aliphatic rings. The molecule has 1 atom stereocenters. The second-order valence-electron chi connectivity index (χ2n) is 5.53. The van der Waals surface area contributed by atoms with Crippen molar-refractivity contribution in [3.63, 3.8) is 0 Å². The third kappa shape index (κ3) is 3.07. The minimum Gasteiger partial charge on any atom is -0.376 e. The first kappa shape index (κ1) is 12.5. The van der Waals surface area contributed by atoms with E-state index in [1.165, 1.54) is 25.9 Å². The number of benzene rings is 1. The van der Waals surface area contributed by atoms with Gasteiger partial charge in [0, 0.05) is 18.3 Å². The first-order valence-corrected chi connectivity index (χ1v) is 7.12. The first-order valence-electron chi connectivity index (χ1n) is 7.12. The quantitative estimate of drug-likeness (QED) is 0.857. The number of fused-ring (bicyclic) bond motifs is 3. The molecule has 102 valence electrons. The van der Waals surface area contributed by atoms with E-state index in [0.29, 0.717) is 18.5 Å². The molecule has 4 nitrogen and oxygen atoms in total. The third-order valence-corrected chi connectivity index (χ3v) is 4.23. The Morgan fingerprint density at radius 1 is 1.21 bits per heavy atom. The van der Waals surface area contributed by atoms with Gasteiger partial charge in [0.05, 0.1) is 6.54 Å². The minimum absolute atomic E-state index is 0.0996. The highest BCUT2D eigenvalue weighted by molar-refractivity contribution is 5.81. The molecule has 4 rings (SSSR count). The van der Waals surface area contributed by atoms with Crippen molar-refractivity contribution >= 4 is 11.6 Å². The number of nitrogens with zero attached hydrogens (tertiary/aromatic N) is 1. The van der Waals surface area contributed by atoms with E-state index in [9.17, 15) is 4.79 Å². The van der Waals surface area contributed by atoms with Gasteiger partial charge in [-0.25, -0.2) is 0 Å². The van der Waals surface area contributed by atoms with Crippen LogP contribution in [0.4, 0.5) is 5.69 Å². The lowest BCUT2D eigenvalue weighted by Gasteiger charge is -2.44. The van der Waals surface area contributed by atoms with Crippen LogP contribution >= 0.6 is 0 Å². The molecule has 2 N–H and O–H groups in total. The summed E-state index contributed by atoms with van der Waals surface area (Å²) in [5, 5.41) is 6.33. The van der Waals surface area contributed by atoms with Crippen molar-refractivity contribution in [3.8, 4) is 0 Å². The zero-order valence-electron chi connectivity index (χ0n) is 11.1. The molecule has 3 heterocycles. The normalized spacial score (nSPS) is 28.9. The summed E-state index contributed by atoms with van der Waals surface area (Å²) in [5.41, 5.74) is 0.992. The van der Waals surface area contributed by atoms with E-state index in [-0.39, 0.29) is 5.91 Å². The van der Waals surface area contributed by atoms with E-state index in [1.807, 2.05) is 30.3 Å². The van der Waals surface area contributed by atoms with E-state index in [1.54, 1.807) is 0 Å². The summed E-state index contributed by atoms with van der Waals surface area (Å²) in [5.74, 6) is 0.785. The number of anilines is 1. The van der Waals surface area contributed by atoms with Crippen LogP contribution < -0.4 is 10.6 Å². The van der Waals surface area contributed by atoms with Crippen LogP contribution in [0.2, 0.25) is 0 Å². The van der Waals surface area contributed by atoms with E-state index in [2.05, 4.69) is 15.5 Å². The molecule has 0 saturated carbocycles. The number of hydrogen-bond donors (Lipinski definition) is 2. The summed E-state index contributed by atoms with van der Waals surface area (Å²) in [4.78, 5) is 14.4. The van der Waals surface area contributed by atoms with E-state index < -0.39 is 0 Å². The van der Waals surface area contributed by atoms with Crippen LogP contribution in [0, 0.1) is 5.92 Å². The van der Waals surface area contributed by atoms with Crippen molar-refractivity contribution in [3.05, 3.63) is 30.3 Å². The summed E-state index contributed by atoms with van der Waals surface area (Å²) >= 11 is 0. The molecule has 1 unspecified atom stereocenters. The van der Waals surface area contributed by atoms with Crippen LogP contribution in [0.5, 0.6) is 0 Å². The molecular formula is C15H21N3O. The lowest BCUT2D eigenvalue weighted by Crippen LogP contribution is -2.57. The number of rotatable bonds is 4. The summed E-state index contributed by atoms with van der Waals surface area (Å²) in [6, 6.07) is 10.2. The van der Waals surface area contributed by atoms with Crippen molar-refractivity contribution in [1.82, 2.24) is 10.2 Å².